The van der Waals surface area contributed by atoms with Crippen LogP contribution in [0.1, 0.15) is 52.5 Å². The van der Waals surface area contributed by atoms with Crippen LogP contribution in [0.5, 0.6) is 0 Å². The summed E-state index contributed by atoms with van der Waals surface area (Å²) in [5, 5.41) is 3.50. The molecule has 3 aliphatic rings. The summed E-state index contributed by atoms with van der Waals surface area (Å²) in [6, 6.07) is 9.10. The molecule has 1 aromatic carbocycles. The van der Waals surface area contributed by atoms with Gasteiger partial charge in [-0.05, 0) is 36.6 Å². The maximum atomic E-state index is 11.3. The van der Waals surface area contributed by atoms with Crippen LogP contribution in [0, 0.1) is 5.92 Å². The van der Waals surface area contributed by atoms with Crippen molar-refractivity contribution in [1.82, 2.24) is 5.32 Å². The van der Waals surface area contributed by atoms with Crippen LogP contribution in [0.4, 0.5) is 5.69 Å². The molecular formula is C20H32N2O. The van der Waals surface area contributed by atoms with Crippen LogP contribution in [0.3, 0.4) is 0 Å². The molecule has 2 heterocycles. The van der Waals surface area contributed by atoms with Crippen molar-refractivity contribution < 1.29 is 4.79 Å². The Hall–Kier alpha value is -1.35. The van der Waals surface area contributed by atoms with E-state index >= 15 is 0 Å². The first-order valence-corrected chi connectivity index (χ1v) is 9.36. The minimum Gasteiger partial charge on any atom is -0.371 e. The molecule has 2 saturated heterocycles. The molecule has 1 aliphatic carbocycles. The molecule has 3 fully saturated rings. The molecule has 2 unspecified atom stereocenters. The summed E-state index contributed by atoms with van der Waals surface area (Å²) in [7, 11) is 0. The number of anilines is 1. The van der Waals surface area contributed by atoms with Crippen molar-refractivity contribution in [3.05, 3.63) is 29.8 Å². The van der Waals surface area contributed by atoms with E-state index in [1.54, 1.807) is 0 Å². The Labute approximate surface area is 141 Å². The van der Waals surface area contributed by atoms with Gasteiger partial charge in [-0.2, -0.15) is 0 Å². The summed E-state index contributed by atoms with van der Waals surface area (Å²) in [6.45, 7) is 12.1. The SMILES string of the molecule is CC.CC.O=C1CCN(c2ccc(C34CNCC3C4)cc2)CC1. The van der Waals surface area contributed by atoms with E-state index in [0.717, 1.165) is 25.6 Å². The number of fused-ring (bicyclic) bond motifs is 1. The normalized spacial score (nSPS) is 28.1. The van der Waals surface area contributed by atoms with Gasteiger partial charge in [0.15, 0.2) is 0 Å². The Morgan fingerprint density at radius 2 is 1.65 bits per heavy atom. The van der Waals surface area contributed by atoms with E-state index < -0.39 is 0 Å². The monoisotopic (exact) mass is 316 g/mol. The van der Waals surface area contributed by atoms with Gasteiger partial charge in [-0.25, -0.2) is 0 Å². The number of ketones is 1. The summed E-state index contributed by atoms with van der Waals surface area (Å²) in [5.41, 5.74) is 3.23. The Bertz CT molecular complexity index is 501. The summed E-state index contributed by atoms with van der Waals surface area (Å²) in [4.78, 5) is 13.6. The van der Waals surface area contributed by atoms with Crippen LogP contribution < -0.4 is 10.2 Å². The minimum atomic E-state index is 0.407. The van der Waals surface area contributed by atoms with Gasteiger partial charge in [0.05, 0.1) is 0 Å². The number of nitrogens with zero attached hydrogens (tertiary/aromatic N) is 1. The molecule has 1 saturated carbocycles. The van der Waals surface area contributed by atoms with Crippen LogP contribution in [0.2, 0.25) is 0 Å². The molecule has 0 aromatic heterocycles. The molecule has 2 aliphatic heterocycles. The van der Waals surface area contributed by atoms with E-state index in [2.05, 4.69) is 34.5 Å². The molecule has 0 radical (unpaired) electrons. The number of hydrogen-bond acceptors (Lipinski definition) is 3. The van der Waals surface area contributed by atoms with Gasteiger partial charge in [-0.1, -0.05) is 39.8 Å². The Balaban J connectivity index is 0.000000448. The highest BCUT2D eigenvalue weighted by Crippen LogP contribution is 2.56. The predicted molar refractivity (Wildman–Crippen MR) is 98.2 cm³/mol. The van der Waals surface area contributed by atoms with Gasteiger partial charge in [-0.3, -0.25) is 4.79 Å². The first-order chi connectivity index (χ1) is 11.3. The molecular weight excluding hydrogens is 284 g/mol. The van der Waals surface area contributed by atoms with E-state index in [0.29, 0.717) is 24.0 Å². The van der Waals surface area contributed by atoms with Crippen molar-refractivity contribution in [2.75, 3.05) is 31.1 Å². The summed E-state index contributed by atoms with van der Waals surface area (Å²) >= 11 is 0. The molecule has 23 heavy (non-hydrogen) atoms. The molecule has 3 nitrogen and oxygen atoms in total. The number of carbonyl (C=O) groups is 1. The average Bonchev–Trinajstić information content (AvgIpc) is 3.20. The van der Waals surface area contributed by atoms with E-state index in [4.69, 9.17) is 0 Å². The molecule has 0 amide bonds. The van der Waals surface area contributed by atoms with Gasteiger partial charge < -0.3 is 10.2 Å². The zero-order valence-corrected chi connectivity index (χ0v) is 15.2. The van der Waals surface area contributed by atoms with E-state index in [-0.39, 0.29) is 0 Å². The third-order valence-corrected chi connectivity index (χ3v) is 5.19. The van der Waals surface area contributed by atoms with Crippen LogP contribution in [-0.2, 0) is 10.2 Å². The van der Waals surface area contributed by atoms with Crippen molar-refractivity contribution in [3.63, 3.8) is 0 Å². The van der Waals surface area contributed by atoms with Gasteiger partial charge in [0, 0.05) is 43.6 Å². The van der Waals surface area contributed by atoms with Crippen LogP contribution >= 0.6 is 0 Å². The first-order valence-electron chi connectivity index (χ1n) is 9.36. The Morgan fingerprint density at radius 3 is 2.13 bits per heavy atom. The lowest BCUT2D eigenvalue weighted by molar-refractivity contribution is -0.119. The lowest BCUT2D eigenvalue weighted by Crippen LogP contribution is -2.33. The lowest BCUT2D eigenvalue weighted by atomic mass is 9.94. The number of piperidine rings is 2. The fourth-order valence-electron chi connectivity index (χ4n) is 3.81. The van der Waals surface area contributed by atoms with E-state index in [9.17, 15) is 4.79 Å². The van der Waals surface area contributed by atoms with Gasteiger partial charge in [0.25, 0.3) is 0 Å². The summed E-state index contributed by atoms with van der Waals surface area (Å²) in [5.74, 6) is 1.27. The highest BCUT2D eigenvalue weighted by Gasteiger charge is 2.57. The molecule has 1 N–H and O–H groups in total. The molecule has 1 aromatic rings. The van der Waals surface area contributed by atoms with E-state index in [1.165, 1.54) is 24.2 Å². The van der Waals surface area contributed by atoms with Crippen molar-refractivity contribution in [2.45, 2.75) is 52.4 Å². The van der Waals surface area contributed by atoms with Gasteiger partial charge in [-0.15, -0.1) is 0 Å². The maximum Gasteiger partial charge on any atom is 0.136 e. The number of rotatable bonds is 2. The molecule has 3 heteroatoms. The second-order valence-corrected chi connectivity index (χ2v) is 6.26. The third kappa shape index (κ3) is 3.60. The highest BCUT2D eigenvalue weighted by atomic mass is 16.1. The standard InChI is InChI=1S/C16H20N2O.2C2H6/c19-15-5-7-18(8-6-15)14-3-1-12(2-4-14)16-9-13(16)10-17-11-16;2*1-2/h1-4,13,17H,5-11H2;2*1-2H3. The summed E-state index contributed by atoms with van der Waals surface area (Å²) < 4.78 is 0. The fraction of sp³-hybridized carbons (Fsp3) is 0.650. The number of hydrogen-bond donors (Lipinski definition) is 1. The quantitative estimate of drug-likeness (QED) is 0.901. The van der Waals surface area contributed by atoms with Crippen molar-refractivity contribution in [1.29, 1.82) is 0 Å². The molecule has 0 bridgehead atoms. The number of carbonyl (C=O) groups excluding carboxylic acids is 1. The van der Waals surface area contributed by atoms with Gasteiger partial charge in [0.2, 0.25) is 0 Å². The fourth-order valence-corrected chi connectivity index (χ4v) is 3.81. The summed E-state index contributed by atoms with van der Waals surface area (Å²) in [6.07, 6.45) is 2.77. The van der Waals surface area contributed by atoms with Crippen molar-refractivity contribution in [2.24, 2.45) is 5.92 Å². The average molecular weight is 316 g/mol. The topological polar surface area (TPSA) is 32.3 Å². The Kier molecular flexibility index (Phi) is 6.23. The van der Waals surface area contributed by atoms with Crippen LogP contribution in [0.25, 0.3) is 0 Å². The molecule has 2 atom stereocenters. The number of nitrogens with one attached hydrogen (secondary N) is 1. The first kappa shape index (κ1) is 18.0. The second kappa shape index (κ2) is 7.96. The number of Topliss-reactive ketones (excluding diaryl/α,β-unsaturated/α-hetero) is 1. The maximum absolute atomic E-state index is 11.3. The molecule has 0 spiro atoms. The van der Waals surface area contributed by atoms with Crippen LogP contribution in [-0.4, -0.2) is 32.0 Å². The van der Waals surface area contributed by atoms with Gasteiger partial charge >= 0.3 is 0 Å². The second-order valence-electron chi connectivity index (χ2n) is 6.26. The number of benzene rings is 1. The Morgan fingerprint density at radius 1 is 1.04 bits per heavy atom. The highest BCUT2D eigenvalue weighted by molar-refractivity contribution is 5.81. The van der Waals surface area contributed by atoms with Crippen molar-refractivity contribution in [3.8, 4) is 0 Å². The minimum absolute atomic E-state index is 0.407. The van der Waals surface area contributed by atoms with Crippen LogP contribution in [0.15, 0.2) is 24.3 Å². The lowest BCUT2D eigenvalue weighted by Gasteiger charge is -2.28. The van der Waals surface area contributed by atoms with Gasteiger partial charge in [0.1, 0.15) is 5.78 Å². The van der Waals surface area contributed by atoms with E-state index in [1.807, 2.05) is 27.7 Å². The molecule has 128 valence electrons. The third-order valence-electron chi connectivity index (χ3n) is 5.19. The smallest absolute Gasteiger partial charge is 0.136 e. The zero-order valence-electron chi connectivity index (χ0n) is 15.2. The molecule has 4 rings (SSSR count). The largest absolute Gasteiger partial charge is 0.371 e. The predicted octanol–water partition coefficient (Wildman–Crippen LogP) is 3.77. The van der Waals surface area contributed by atoms with Crippen molar-refractivity contribution >= 4 is 11.5 Å². The zero-order chi connectivity index (χ0) is 16.9.